The number of pyridine rings is 1. The summed E-state index contributed by atoms with van der Waals surface area (Å²) >= 11 is 1.14. The molecular formula is C15H18N4O2S. The van der Waals surface area contributed by atoms with Crippen LogP contribution < -0.4 is 5.32 Å². The number of carbonyl (C=O) groups is 1. The highest BCUT2D eigenvalue weighted by Gasteiger charge is 2.30. The maximum absolute atomic E-state index is 12.5. The molecule has 2 aromatic heterocycles. The highest BCUT2D eigenvalue weighted by molar-refractivity contribution is 7.08. The number of hydrogen-bond donors (Lipinski definition) is 1. The van der Waals surface area contributed by atoms with E-state index in [2.05, 4.69) is 19.9 Å². The molecule has 0 bridgehead atoms. The molecule has 0 spiro atoms. The summed E-state index contributed by atoms with van der Waals surface area (Å²) in [4.78, 5) is 17.1. The van der Waals surface area contributed by atoms with Gasteiger partial charge in [0.25, 0.3) is 5.91 Å². The maximum Gasteiger partial charge on any atom is 0.265 e. The number of hydrogen-bond acceptors (Lipinski definition) is 6. The van der Waals surface area contributed by atoms with Crippen molar-refractivity contribution in [3.05, 3.63) is 40.7 Å². The first-order chi connectivity index (χ1) is 10.8. The number of nitrogens with one attached hydrogen (secondary N) is 1. The minimum atomic E-state index is -0.133. The van der Waals surface area contributed by atoms with Crippen LogP contribution in [0.4, 0.5) is 0 Å². The van der Waals surface area contributed by atoms with Crippen LogP contribution in [0.25, 0.3) is 0 Å². The summed E-state index contributed by atoms with van der Waals surface area (Å²) in [7, 11) is 0. The molecule has 2 atom stereocenters. The summed E-state index contributed by atoms with van der Waals surface area (Å²) in [5.41, 5.74) is 1.79. The summed E-state index contributed by atoms with van der Waals surface area (Å²) < 4.78 is 9.76. The Bertz CT molecular complexity index is 631. The van der Waals surface area contributed by atoms with Gasteiger partial charge in [-0.2, -0.15) is 0 Å². The number of carbonyl (C=O) groups excluding carboxylic acids is 1. The van der Waals surface area contributed by atoms with Crippen LogP contribution in [0.5, 0.6) is 0 Å². The molecule has 0 aliphatic carbocycles. The van der Waals surface area contributed by atoms with E-state index in [-0.39, 0.29) is 18.1 Å². The summed E-state index contributed by atoms with van der Waals surface area (Å²) in [6.07, 6.45) is 5.89. The average molecular weight is 318 g/mol. The molecule has 1 aliphatic heterocycles. The number of nitrogens with zero attached hydrogens (tertiary/aromatic N) is 3. The Labute approximate surface area is 133 Å². The van der Waals surface area contributed by atoms with Gasteiger partial charge in [-0.25, -0.2) is 0 Å². The minimum Gasteiger partial charge on any atom is -0.371 e. The third kappa shape index (κ3) is 3.15. The lowest BCUT2D eigenvalue weighted by atomic mass is 9.96. The summed E-state index contributed by atoms with van der Waals surface area (Å²) in [6, 6.07) is 3.82. The molecule has 22 heavy (non-hydrogen) atoms. The standard InChI is InChI=1S/C15H18N4O2S/c1-2-11-14(22-19-18-11)15(20)17-12-4-3-9-21-13(12)10-5-7-16-8-6-10/h5-8,12-13H,2-4,9H2,1H3,(H,17,20)/t12-,13+/m0/s1. The van der Waals surface area contributed by atoms with E-state index in [4.69, 9.17) is 4.74 Å². The van der Waals surface area contributed by atoms with E-state index in [1.165, 1.54) is 0 Å². The van der Waals surface area contributed by atoms with E-state index in [0.29, 0.717) is 17.9 Å². The molecule has 0 unspecified atom stereocenters. The van der Waals surface area contributed by atoms with Crippen LogP contribution in [-0.4, -0.2) is 33.1 Å². The van der Waals surface area contributed by atoms with Crippen molar-refractivity contribution in [2.45, 2.75) is 38.3 Å². The normalized spacial score (nSPS) is 21.5. The highest BCUT2D eigenvalue weighted by Crippen LogP contribution is 2.28. The van der Waals surface area contributed by atoms with Gasteiger partial charge in [-0.1, -0.05) is 11.4 Å². The van der Waals surface area contributed by atoms with Gasteiger partial charge in [0.15, 0.2) is 0 Å². The third-order valence-electron chi connectivity index (χ3n) is 3.77. The number of amides is 1. The highest BCUT2D eigenvalue weighted by atomic mass is 32.1. The van der Waals surface area contributed by atoms with Gasteiger partial charge in [-0.15, -0.1) is 5.10 Å². The first-order valence-corrected chi connectivity index (χ1v) is 8.20. The van der Waals surface area contributed by atoms with E-state index < -0.39 is 0 Å². The Morgan fingerprint density at radius 3 is 3.05 bits per heavy atom. The summed E-state index contributed by atoms with van der Waals surface area (Å²) in [5.74, 6) is -0.110. The van der Waals surface area contributed by atoms with Gasteiger partial charge in [-0.05, 0) is 48.5 Å². The van der Waals surface area contributed by atoms with E-state index in [1.54, 1.807) is 12.4 Å². The van der Waals surface area contributed by atoms with Crippen molar-refractivity contribution < 1.29 is 9.53 Å². The predicted molar refractivity (Wildman–Crippen MR) is 82.7 cm³/mol. The van der Waals surface area contributed by atoms with Gasteiger partial charge < -0.3 is 10.1 Å². The number of ether oxygens (including phenoxy) is 1. The zero-order valence-corrected chi connectivity index (χ0v) is 13.2. The molecule has 3 rings (SSSR count). The monoisotopic (exact) mass is 318 g/mol. The molecular weight excluding hydrogens is 300 g/mol. The number of rotatable bonds is 4. The zero-order valence-electron chi connectivity index (χ0n) is 12.4. The third-order valence-corrected chi connectivity index (χ3v) is 4.54. The number of aromatic nitrogens is 3. The van der Waals surface area contributed by atoms with E-state index in [9.17, 15) is 4.79 Å². The molecule has 7 heteroatoms. The molecule has 1 saturated heterocycles. The average Bonchev–Trinajstić information content (AvgIpc) is 3.05. The van der Waals surface area contributed by atoms with Crippen LogP contribution in [0.1, 0.15) is 46.8 Å². The van der Waals surface area contributed by atoms with Crippen molar-refractivity contribution in [2.24, 2.45) is 0 Å². The van der Waals surface area contributed by atoms with Gasteiger partial charge >= 0.3 is 0 Å². The summed E-state index contributed by atoms with van der Waals surface area (Å²) in [6.45, 7) is 2.68. The van der Waals surface area contributed by atoms with Crippen molar-refractivity contribution in [1.29, 1.82) is 0 Å². The fraction of sp³-hybridized carbons (Fsp3) is 0.467. The van der Waals surface area contributed by atoms with Crippen LogP contribution in [0.2, 0.25) is 0 Å². The Kier molecular flexibility index (Phi) is 4.74. The van der Waals surface area contributed by atoms with E-state index >= 15 is 0 Å². The molecule has 1 fully saturated rings. The van der Waals surface area contributed by atoms with Crippen molar-refractivity contribution in [1.82, 2.24) is 19.9 Å². The van der Waals surface area contributed by atoms with Crippen molar-refractivity contribution >= 4 is 17.4 Å². The molecule has 1 amide bonds. The van der Waals surface area contributed by atoms with Crippen LogP contribution in [-0.2, 0) is 11.2 Å². The molecule has 0 radical (unpaired) electrons. The first kappa shape index (κ1) is 15.1. The Hall–Kier alpha value is -1.86. The van der Waals surface area contributed by atoms with Gasteiger partial charge in [0.2, 0.25) is 0 Å². The van der Waals surface area contributed by atoms with Gasteiger partial charge in [-0.3, -0.25) is 9.78 Å². The molecule has 6 nitrogen and oxygen atoms in total. The summed E-state index contributed by atoms with van der Waals surface area (Å²) in [5, 5.41) is 7.08. The van der Waals surface area contributed by atoms with E-state index in [0.717, 1.165) is 35.6 Å². The van der Waals surface area contributed by atoms with Gasteiger partial charge in [0.1, 0.15) is 11.0 Å². The number of aryl methyl sites for hydroxylation is 1. The Balaban J connectivity index is 1.76. The molecule has 0 saturated carbocycles. The molecule has 1 aliphatic rings. The minimum absolute atomic E-state index is 0.0459. The van der Waals surface area contributed by atoms with Crippen molar-refractivity contribution in [3.63, 3.8) is 0 Å². The lowest BCUT2D eigenvalue weighted by Gasteiger charge is -2.32. The Morgan fingerprint density at radius 1 is 1.45 bits per heavy atom. The van der Waals surface area contributed by atoms with E-state index in [1.807, 2.05) is 19.1 Å². The molecule has 1 N–H and O–H groups in total. The smallest absolute Gasteiger partial charge is 0.265 e. The second kappa shape index (κ2) is 6.93. The predicted octanol–water partition coefficient (Wildman–Crippen LogP) is 2.15. The SMILES string of the molecule is CCc1nnsc1C(=O)N[C@H]1CCCO[C@@H]1c1ccncc1. The second-order valence-corrected chi connectivity index (χ2v) is 5.95. The molecule has 0 aromatic carbocycles. The molecule has 116 valence electrons. The van der Waals surface area contributed by atoms with Crippen LogP contribution in [0.15, 0.2) is 24.5 Å². The second-order valence-electron chi connectivity index (χ2n) is 5.20. The first-order valence-electron chi connectivity index (χ1n) is 7.43. The topological polar surface area (TPSA) is 77.0 Å². The molecule has 3 heterocycles. The lowest BCUT2D eigenvalue weighted by Crippen LogP contribution is -2.42. The fourth-order valence-electron chi connectivity index (χ4n) is 2.66. The maximum atomic E-state index is 12.5. The lowest BCUT2D eigenvalue weighted by molar-refractivity contribution is -0.00946. The zero-order chi connectivity index (χ0) is 15.4. The quantitative estimate of drug-likeness (QED) is 0.934. The molecule has 2 aromatic rings. The van der Waals surface area contributed by atoms with Crippen molar-refractivity contribution in [3.8, 4) is 0 Å². The van der Waals surface area contributed by atoms with Crippen LogP contribution in [0, 0.1) is 0 Å². The van der Waals surface area contributed by atoms with Gasteiger partial charge in [0.05, 0.1) is 11.7 Å². The van der Waals surface area contributed by atoms with Crippen LogP contribution in [0.3, 0.4) is 0 Å². The van der Waals surface area contributed by atoms with Gasteiger partial charge in [0, 0.05) is 19.0 Å². The fourth-order valence-corrected chi connectivity index (χ4v) is 3.31. The van der Waals surface area contributed by atoms with Crippen LogP contribution >= 0.6 is 11.5 Å². The Morgan fingerprint density at radius 2 is 2.27 bits per heavy atom. The largest absolute Gasteiger partial charge is 0.371 e. The van der Waals surface area contributed by atoms with Crippen molar-refractivity contribution in [2.75, 3.05) is 6.61 Å².